The Labute approximate surface area is 97.7 Å². The fourth-order valence-electron chi connectivity index (χ4n) is 1.93. The number of nitrogens with zero attached hydrogens (tertiary/aromatic N) is 2. The van der Waals surface area contributed by atoms with E-state index in [4.69, 9.17) is 5.73 Å². The van der Waals surface area contributed by atoms with E-state index in [1.54, 1.807) is 12.4 Å². The lowest BCUT2D eigenvalue weighted by molar-refractivity contribution is 0.304. The largest absolute Gasteiger partial charge is 0.382 e. The van der Waals surface area contributed by atoms with E-state index in [9.17, 15) is 0 Å². The van der Waals surface area contributed by atoms with E-state index in [1.165, 1.54) is 0 Å². The molecule has 3 N–H and O–H groups in total. The Morgan fingerprint density at radius 1 is 1.19 bits per heavy atom. The predicted octanol–water partition coefficient (Wildman–Crippen LogP) is 2.40. The molecular formula is C12H22N4. The maximum absolute atomic E-state index is 5.57. The third kappa shape index (κ3) is 3.68. The SMILES string of the molecule is CC(C)C(CNc1cncc(N)n1)C(C)C. The van der Waals surface area contributed by atoms with Crippen molar-refractivity contribution in [2.75, 3.05) is 17.6 Å². The minimum absolute atomic E-state index is 0.454. The van der Waals surface area contributed by atoms with E-state index in [2.05, 4.69) is 43.0 Å². The Morgan fingerprint density at radius 3 is 2.31 bits per heavy atom. The standard InChI is InChI=1S/C12H22N4/c1-8(2)10(9(3)4)5-15-12-7-14-6-11(13)16-12/h6-10H,5H2,1-4H3,(H3,13,15,16). The molecule has 1 rings (SSSR count). The van der Waals surface area contributed by atoms with Crippen molar-refractivity contribution in [1.82, 2.24) is 9.97 Å². The van der Waals surface area contributed by atoms with Crippen LogP contribution in [0.5, 0.6) is 0 Å². The van der Waals surface area contributed by atoms with Crippen LogP contribution in [0.3, 0.4) is 0 Å². The normalized spacial score (nSPS) is 11.4. The summed E-state index contributed by atoms with van der Waals surface area (Å²) in [7, 11) is 0. The molecule has 0 fully saturated rings. The summed E-state index contributed by atoms with van der Waals surface area (Å²) < 4.78 is 0. The summed E-state index contributed by atoms with van der Waals surface area (Å²) in [6.45, 7) is 9.90. The zero-order chi connectivity index (χ0) is 12.1. The molecule has 0 radical (unpaired) electrons. The lowest BCUT2D eigenvalue weighted by Gasteiger charge is -2.25. The summed E-state index contributed by atoms with van der Waals surface area (Å²) >= 11 is 0. The van der Waals surface area contributed by atoms with E-state index in [0.29, 0.717) is 23.6 Å². The Bertz CT molecular complexity index is 315. The molecule has 0 saturated heterocycles. The van der Waals surface area contributed by atoms with Crippen LogP contribution in [-0.4, -0.2) is 16.5 Å². The Balaban J connectivity index is 2.55. The van der Waals surface area contributed by atoms with Gasteiger partial charge in [-0.05, 0) is 17.8 Å². The highest BCUT2D eigenvalue weighted by Gasteiger charge is 2.17. The second-order valence-electron chi connectivity index (χ2n) is 4.86. The van der Waals surface area contributed by atoms with E-state index in [0.717, 1.165) is 12.4 Å². The third-order valence-corrected chi connectivity index (χ3v) is 2.88. The number of hydrogen-bond donors (Lipinski definition) is 2. The van der Waals surface area contributed by atoms with Crippen LogP contribution in [0, 0.1) is 17.8 Å². The number of nitrogens with one attached hydrogen (secondary N) is 1. The van der Waals surface area contributed by atoms with Gasteiger partial charge < -0.3 is 11.1 Å². The van der Waals surface area contributed by atoms with E-state index in [-0.39, 0.29) is 0 Å². The summed E-state index contributed by atoms with van der Waals surface area (Å²) in [5.74, 6) is 3.15. The second-order valence-corrected chi connectivity index (χ2v) is 4.86. The molecule has 0 atom stereocenters. The van der Waals surface area contributed by atoms with Crippen molar-refractivity contribution in [2.24, 2.45) is 17.8 Å². The second kappa shape index (κ2) is 5.68. The monoisotopic (exact) mass is 222 g/mol. The number of hydrogen-bond acceptors (Lipinski definition) is 4. The maximum Gasteiger partial charge on any atom is 0.146 e. The molecule has 0 bridgehead atoms. The van der Waals surface area contributed by atoms with Crippen molar-refractivity contribution >= 4 is 11.6 Å². The van der Waals surface area contributed by atoms with Gasteiger partial charge >= 0.3 is 0 Å². The first-order valence-corrected chi connectivity index (χ1v) is 5.82. The van der Waals surface area contributed by atoms with Gasteiger partial charge in [0.2, 0.25) is 0 Å². The zero-order valence-corrected chi connectivity index (χ0v) is 10.6. The minimum Gasteiger partial charge on any atom is -0.382 e. The van der Waals surface area contributed by atoms with Gasteiger partial charge in [0.15, 0.2) is 0 Å². The fraction of sp³-hybridized carbons (Fsp3) is 0.667. The molecule has 4 heteroatoms. The molecule has 0 aliphatic rings. The molecule has 0 amide bonds. The van der Waals surface area contributed by atoms with Crippen molar-refractivity contribution in [3.8, 4) is 0 Å². The summed E-state index contributed by atoms with van der Waals surface area (Å²) in [5, 5.41) is 3.29. The van der Waals surface area contributed by atoms with Gasteiger partial charge in [0, 0.05) is 6.54 Å². The molecule has 1 aromatic heterocycles. The van der Waals surface area contributed by atoms with Gasteiger partial charge in [-0.25, -0.2) is 4.98 Å². The van der Waals surface area contributed by atoms with Crippen molar-refractivity contribution in [1.29, 1.82) is 0 Å². The predicted molar refractivity (Wildman–Crippen MR) is 68.1 cm³/mol. The summed E-state index contributed by atoms with van der Waals surface area (Å²) in [6, 6.07) is 0. The van der Waals surface area contributed by atoms with Crippen LogP contribution in [0.2, 0.25) is 0 Å². The van der Waals surface area contributed by atoms with E-state index < -0.39 is 0 Å². The van der Waals surface area contributed by atoms with Crippen LogP contribution < -0.4 is 11.1 Å². The van der Waals surface area contributed by atoms with Gasteiger partial charge in [0.25, 0.3) is 0 Å². The van der Waals surface area contributed by atoms with Crippen LogP contribution in [0.25, 0.3) is 0 Å². The van der Waals surface area contributed by atoms with Gasteiger partial charge in [-0.2, -0.15) is 0 Å². The van der Waals surface area contributed by atoms with Crippen LogP contribution in [0.15, 0.2) is 12.4 Å². The number of nitrogens with two attached hydrogens (primary N) is 1. The number of aromatic nitrogens is 2. The average molecular weight is 222 g/mol. The highest BCUT2D eigenvalue weighted by atomic mass is 15.0. The van der Waals surface area contributed by atoms with Gasteiger partial charge in [-0.3, -0.25) is 4.98 Å². The summed E-state index contributed by atoms with van der Waals surface area (Å²) in [5.41, 5.74) is 5.57. The molecule has 0 spiro atoms. The molecule has 0 unspecified atom stereocenters. The molecule has 0 aliphatic carbocycles. The third-order valence-electron chi connectivity index (χ3n) is 2.88. The first-order valence-electron chi connectivity index (χ1n) is 5.82. The smallest absolute Gasteiger partial charge is 0.146 e. The van der Waals surface area contributed by atoms with E-state index >= 15 is 0 Å². The van der Waals surface area contributed by atoms with Gasteiger partial charge in [-0.15, -0.1) is 0 Å². The quantitative estimate of drug-likeness (QED) is 0.803. The van der Waals surface area contributed by atoms with Crippen LogP contribution >= 0.6 is 0 Å². The summed E-state index contributed by atoms with van der Waals surface area (Å²) in [6.07, 6.45) is 3.25. The average Bonchev–Trinajstić information content (AvgIpc) is 2.16. The first kappa shape index (κ1) is 12.7. The molecule has 4 nitrogen and oxygen atoms in total. The van der Waals surface area contributed by atoms with Gasteiger partial charge in [0.1, 0.15) is 11.6 Å². The Hall–Kier alpha value is -1.32. The highest BCUT2D eigenvalue weighted by molar-refractivity contribution is 5.38. The first-order chi connectivity index (χ1) is 7.50. The number of anilines is 2. The molecular weight excluding hydrogens is 200 g/mol. The maximum atomic E-state index is 5.57. The molecule has 1 heterocycles. The van der Waals surface area contributed by atoms with E-state index in [1.807, 2.05) is 0 Å². The Kier molecular flexibility index (Phi) is 4.52. The fourth-order valence-corrected chi connectivity index (χ4v) is 1.93. The Morgan fingerprint density at radius 2 is 1.81 bits per heavy atom. The van der Waals surface area contributed by atoms with Crippen molar-refractivity contribution in [2.45, 2.75) is 27.7 Å². The van der Waals surface area contributed by atoms with Crippen molar-refractivity contribution in [3.63, 3.8) is 0 Å². The number of nitrogen functional groups attached to an aromatic ring is 1. The molecule has 90 valence electrons. The number of rotatable bonds is 5. The molecule has 16 heavy (non-hydrogen) atoms. The van der Waals surface area contributed by atoms with Gasteiger partial charge in [-0.1, -0.05) is 27.7 Å². The molecule has 0 aliphatic heterocycles. The van der Waals surface area contributed by atoms with Crippen molar-refractivity contribution < 1.29 is 0 Å². The summed E-state index contributed by atoms with van der Waals surface area (Å²) in [4.78, 5) is 8.17. The van der Waals surface area contributed by atoms with Crippen LogP contribution in [0.4, 0.5) is 11.6 Å². The lowest BCUT2D eigenvalue weighted by atomic mass is 9.85. The highest BCUT2D eigenvalue weighted by Crippen LogP contribution is 2.20. The molecule has 1 aromatic rings. The molecule has 0 saturated carbocycles. The lowest BCUT2D eigenvalue weighted by Crippen LogP contribution is -2.24. The topological polar surface area (TPSA) is 63.8 Å². The molecule has 0 aromatic carbocycles. The minimum atomic E-state index is 0.454. The van der Waals surface area contributed by atoms with Crippen LogP contribution in [0.1, 0.15) is 27.7 Å². The van der Waals surface area contributed by atoms with Gasteiger partial charge in [0.05, 0.1) is 12.4 Å². The van der Waals surface area contributed by atoms with Crippen molar-refractivity contribution in [3.05, 3.63) is 12.4 Å². The zero-order valence-electron chi connectivity index (χ0n) is 10.6. The van der Waals surface area contributed by atoms with Crippen LogP contribution in [-0.2, 0) is 0 Å².